The molecule has 12 heteroatoms. The van der Waals surface area contributed by atoms with Crippen molar-refractivity contribution in [3.8, 4) is 22.3 Å². The number of nitrogens with zero attached hydrogens (tertiary/aromatic N) is 4. The molecule has 4 nitrogen and oxygen atoms in total. The van der Waals surface area contributed by atoms with Crippen LogP contribution < -0.4 is 18.3 Å². The lowest BCUT2D eigenvalue weighted by Crippen LogP contribution is -2.32. The van der Waals surface area contributed by atoms with Gasteiger partial charge in [-0.25, -0.2) is 18.3 Å². The van der Waals surface area contributed by atoms with Crippen LogP contribution in [0.5, 0.6) is 0 Å². The van der Waals surface area contributed by atoms with Crippen LogP contribution in [0.3, 0.4) is 0 Å². The van der Waals surface area contributed by atoms with E-state index in [1.165, 1.54) is 84.9 Å². The minimum atomic E-state index is 1.06. The number of hydrogen-bond acceptors (Lipinski definition) is 8. The summed E-state index contributed by atoms with van der Waals surface area (Å²) in [5.74, 6) is 2.33. The van der Waals surface area contributed by atoms with Crippen LogP contribution >= 0.6 is 94.1 Å². The first-order chi connectivity index (χ1) is 24.5. The molecule has 0 spiro atoms. The van der Waals surface area contributed by atoms with Crippen molar-refractivity contribution in [2.24, 2.45) is 14.1 Å². The Morgan fingerprint density at radius 1 is 0.440 bits per heavy atom. The zero-order valence-corrected chi connectivity index (χ0v) is 35.5. The molecule has 6 rings (SSSR count). The lowest BCUT2D eigenvalue weighted by molar-refractivity contribution is -0.697. The van der Waals surface area contributed by atoms with Gasteiger partial charge in [0.1, 0.15) is 27.2 Å². The predicted molar refractivity (Wildman–Crippen MR) is 228 cm³/mol. The van der Waals surface area contributed by atoms with E-state index in [9.17, 15) is 0 Å². The summed E-state index contributed by atoms with van der Waals surface area (Å²) in [5, 5.41) is 0. The van der Waals surface area contributed by atoms with Crippen molar-refractivity contribution in [3.63, 3.8) is 0 Å². The van der Waals surface area contributed by atoms with Crippen molar-refractivity contribution < 1.29 is 18.3 Å². The predicted octanol–water partition coefficient (Wildman–Crippen LogP) is 10.0. The first kappa shape index (κ1) is 38.3. The minimum absolute atomic E-state index is 1.06. The monoisotopic (exact) mass is 812 g/mol. The van der Waals surface area contributed by atoms with Gasteiger partial charge in [0.15, 0.2) is 49.6 Å². The van der Waals surface area contributed by atoms with Crippen LogP contribution in [-0.2, 0) is 27.2 Å². The summed E-state index contributed by atoms with van der Waals surface area (Å²) in [6.45, 7) is 2.12. The van der Waals surface area contributed by atoms with Crippen LogP contribution in [0.15, 0.2) is 124 Å². The van der Waals surface area contributed by atoms with Crippen molar-refractivity contribution in [2.75, 3.05) is 24.0 Å². The van der Waals surface area contributed by atoms with Gasteiger partial charge in [-0.1, -0.05) is 47.0 Å². The maximum atomic E-state index is 2.32. The second kappa shape index (κ2) is 19.6. The van der Waals surface area contributed by atoms with Crippen LogP contribution in [-0.4, -0.2) is 24.0 Å². The van der Waals surface area contributed by atoms with Crippen molar-refractivity contribution in [3.05, 3.63) is 124 Å². The van der Waals surface area contributed by atoms with Gasteiger partial charge >= 0.3 is 0 Å². The lowest BCUT2D eigenvalue weighted by Gasteiger charge is -2.04. The summed E-state index contributed by atoms with van der Waals surface area (Å²) in [6.07, 6.45) is 26.6. The number of aryl methyl sites for hydroxylation is 4. The van der Waals surface area contributed by atoms with Gasteiger partial charge in [0, 0.05) is 61.4 Å². The number of thioether (sulfide) groups is 8. The van der Waals surface area contributed by atoms with Crippen molar-refractivity contribution in [2.45, 2.75) is 38.8 Å². The SMILES string of the molecule is CSC1=C(SCCCC[n+]2ccc(-c3cc[n+](C)cc3)cc2)S/C(=C2/SC(SC)=C(SCCCC[n+]3ccc(-c4cc[n+](C)cc4)cc3)S2)S1. The molecule has 260 valence electrons. The second-order valence-corrected chi connectivity index (χ2v) is 21.3. The summed E-state index contributed by atoms with van der Waals surface area (Å²) in [7, 11) is 4.11. The lowest BCUT2D eigenvalue weighted by atomic mass is 10.1. The molecule has 0 atom stereocenters. The molecule has 0 N–H and O–H groups in total. The molecule has 4 aromatic heterocycles. The fourth-order valence-corrected chi connectivity index (χ4v) is 16.5. The van der Waals surface area contributed by atoms with E-state index in [0.717, 1.165) is 13.1 Å². The molecular formula is C38H44N4S8+4. The van der Waals surface area contributed by atoms with Gasteiger partial charge in [0.25, 0.3) is 0 Å². The standard InChI is InChI=1S/C38H44N4S8/c1-39-19-9-29(10-20-39)31-13-23-41(24-14-31)17-5-7-27-45-35-33(43-3)47-37(49-35)38-48-34(44-4)36(50-38)46-28-8-6-18-42-25-15-32(16-26-42)30-11-21-40(2)22-12-30/h9-16,19-26H,5-8,17-18,27-28H2,1-4H3/q+4/b38-37-. The second-order valence-electron chi connectivity index (χ2n) is 11.8. The molecule has 0 fully saturated rings. The molecule has 50 heavy (non-hydrogen) atoms. The highest BCUT2D eigenvalue weighted by Crippen LogP contribution is 2.65. The first-order valence-corrected chi connectivity index (χ1v) is 24.3. The summed E-state index contributed by atoms with van der Waals surface area (Å²) < 4.78 is 17.7. The fraction of sp³-hybridized carbons (Fsp3) is 0.316. The number of unbranched alkanes of at least 4 members (excludes halogenated alkanes) is 2. The van der Waals surface area contributed by atoms with Gasteiger partial charge in [-0.15, -0.1) is 47.0 Å². The third-order valence-electron chi connectivity index (χ3n) is 8.11. The van der Waals surface area contributed by atoms with E-state index >= 15 is 0 Å². The number of rotatable bonds is 16. The number of hydrogen-bond donors (Lipinski definition) is 0. The Morgan fingerprint density at radius 2 is 0.760 bits per heavy atom. The van der Waals surface area contributed by atoms with Crippen molar-refractivity contribution in [1.29, 1.82) is 0 Å². The molecule has 0 aliphatic carbocycles. The van der Waals surface area contributed by atoms with Gasteiger partial charge in [-0.05, 0) is 59.1 Å². The smallest absolute Gasteiger partial charge is 0.169 e. The fourth-order valence-electron chi connectivity index (χ4n) is 5.25. The Morgan fingerprint density at radius 3 is 1.10 bits per heavy atom. The maximum Gasteiger partial charge on any atom is 0.169 e. The molecule has 0 aromatic carbocycles. The molecule has 6 heterocycles. The Kier molecular flexibility index (Phi) is 15.1. The normalized spacial score (nSPS) is 16.2. The number of pyridine rings is 4. The van der Waals surface area contributed by atoms with E-state index < -0.39 is 0 Å². The Hall–Kier alpha value is -1.38. The Balaban J connectivity index is 0.904. The molecule has 4 aromatic rings. The summed E-state index contributed by atoms with van der Waals surface area (Å²) >= 11 is 15.9. The molecule has 2 aliphatic rings. The van der Waals surface area contributed by atoms with E-state index in [2.05, 4.69) is 167 Å². The summed E-state index contributed by atoms with van der Waals surface area (Å²) in [5.41, 5.74) is 5.06. The highest BCUT2D eigenvalue weighted by Gasteiger charge is 2.30. The summed E-state index contributed by atoms with van der Waals surface area (Å²) in [4.78, 5) is 0. The third kappa shape index (κ3) is 10.8. The van der Waals surface area contributed by atoms with Crippen LogP contribution in [0.2, 0.25) is 0 Å². The zero-order chi connectivity index (χ0) is 34.7. The molecule has 0 unspecified atom stereocenters. The zero-order valence-electron chi connectivity index (χ0n) is 28.9. The molecule has 0 saturated carbocycles. The van der Waals surface area contributed by atoms with Crippen molar-refractivity contribution in [1.82, 2.24) is 0 Å². The maximum absolute atomic E-state index is 2.32. The topological polar surface area (TPSA) is 15.5 Å². The highest BCUT2D eigenvalue weighted by molar-refractivity contribution is 8.45. The molecule has 0 radical (unpaired) electrons. The Bertz CT molecular complexity index is 1690. The quantitative estimate of drug-likeness (QED) is 0.0811. The minimum Gasteiger partial charge on any atom is -0.208 e. The number of aromatic nitrogens is 4. The first-order valence-electron chi connectivity index (χ1n) is 16.7. The third-order valence-corrected chi connectivity index (χ3v) is 19.5. The molecule has 0 amide bonds. The molecule has 2 aliphatic heterocycles. The largest absolute Gasteiger partial charge is 0.208 e. The Labute approximate surface area is 332 Å². The molecular weight excluding hydrogens is 769 g/mol. The van der Waals surface area contributed by atoms with Crippen LogP contribution in [0, 0.1) is 0 Å². The van der Waals surface area contributed by atoms with Gasteiger partial charge in [-0.2, -0.15) is 0 Å². The summed E-state index contributed by atoms with van der Waals surface area (Å²) in [6, 6.07) is 17.6. The van der Waals surface area contributed by atoms with E-state index in [1.807, 2.05) is 70.6 Å². The van der Waals surface area contributed by atoms with E-state index in [4.69, 9.17) is 0 Å². The van der Waals surface area contributed by atoms with Gasteiger partial charge in [-0.3, -0.25) is 0 Å². The average molecular weight is 813 g/mol. The van der Waals surface area contributed by atoms with E-state index in [-0.39, 0.29) is 0 Å². The van der Waals surface area contributed by atoms with Gasteiger partial charge < -0.3 is 0 Å². The van der Waals surface area contributed by atoms with Crippen LogP contribution in [0.1, 0.15) is 25.7 Å². The van der Waals surface area contributed by atoms with E-state index in [1.54, 1.807) is 0 Å². The van der Waals surface area contributed by atoms with Crippen LogP contribution in [0.25, 0.3) is 22.3 Å². The van der Waals surface area contributed by atoms with E-state index in [0.29, 0.717) is 0 Å². The van der Waals surface area contributed by atoms with Crippen LogP contribution in [0.4, 0.5) is 0 Å². The van der Waals surface area contributed by atoms with Gasteiger partial charge in [0.05, 0.1) is 25.4 Å². The van der Waals surface area contributed by atoms with Gasteiger partial charge in [0.2, 0.25) is 0 Å². The molecule has 0 saturated heterocycles. The molecule has 0 bridgehead atoms. The average Bonchev–Trinajstić information content (AvgIpc) is 3.76. The highest BCUT2D eigenvalue weighted by atomic mass is 32.3. The van der Waals surface area contributed by atoms with Crippen molar-refractivity contribution >= 4 is 94.1 Å².